The van der Waals surface area contributed by atoms with E-state index in [0.29, 0.717) is 62.5 Å². The van der Waals surface area contributed by atoms with Crippen molar-refractivity contribution in [3.63, 3.8) is 0 Å². The molecule has 62 heavy (non-hydrogen) atoms. The maximum absolute atomic E-state index is 13.9. The summed E-state index contributed by atoms with van der Waals surface area (Å²) in [5, 5.41) is 36.6. The number of hydrogen-bond donors (Lipinski definition) is 3. The molecule has 0 radical (unpaired) electrons. The Kier molecular flexibility index (Phi) is 13.1. The van der Waals surface area contributed by atoms with Crippen LogP contribution in [-0.4, -0.2) is 121 Å². The monoisotopic (exact) mass is 862 g/mol. The molecule has 0 bridgehead atoms. The maximum atomic E-state index is 13.9. The number of carbonyl (C=O) groups excluding carboxylic acids is 2. The summed E-state index contributed by atoms with van der Waals surface area (Å²) in [6.45, 7) is 9.68. The van der Waals surface area contributed by atoms with Gasteiger partial charge in [-0.1, -0.05) is 61.9 Å². The van der Waals surface area contributed by atoms with Crippen LogP contribution in [0.3, 0.4) is 0 Å². The number of esters is 2. The van der Waals surface area contributed by atoms with Gasteiger partial charge in [0.1, 0.15) is 24.4 Å². The summed E-state index contributed by atoms with van der Waals surface area (Å²) in [4.78, 5) is 27.3. The van der Waals surface area contributed by atoms with E-state index >= 15 is 0 Å². The minimum absolute atomic E-state index is 0.165. The predicted molar refractivity (Wildman–Crippen MR) is 226 cm³/mol. The molecule has 13 nitrogen and oxygen atoms in total. The molecule has 8 rings (SSSR count). The van der Waals surface area contributed by atoms with Gasteiger partial charge in [0.2, 0.25) is 0 Å². The van der Waals surface area contributed by atoms with Crippen molar-refractivity contribution in [2.24, 2.45) is 28.6 Å². The van der Waals surface area contributed by atoms with E-state index in [9.17, 15) is 24.9 Å². The lowest BCUT2D eigenvalue weighted by Gasteiger charge is -2.65. The Hall–Kier alpha value is -3.24. The van der Waals surface area contributed by atoms with E-state index in [1.54, 1.807) is 69.7 Å². The van der Waals surface area contributed by atoms with Crippen molar-refractivity contribution in [1.82, 2.24) is 0 Å². The van der Waals surface area contributed by atoms with Crippen molar-refractivity contribution < 1.29 is 62.8 Å². The van der Waals surface area contributed by atoms with Gasteiger partial charge in [-0.25, -0.2) is 9.59 Å². The lowest BCUT2D eigenvalue weighted by atomic mass is 9.44. The first-order chi connectivity index (χ1) is 29.6. The Morgan fingerprint density at radius 3 is 2.06 bits per heavy atom. The molecule has 3 N–H and O–H groups in total. The Bertz CT molecular complexity index is 1910. The number of fused-ring (bicyclic) bond motifs is 5. The molecule has 0 amide bonds. The zero-order chi connectivity index (χ0) is 44.1. The lowest BCUT2D eigenvalue weighted by molar-refractivity contribution is -0.320. The highest BCUT2D eigenvalue weighted by molar-refractivity contribution is 5.90. The fraction of sp³-hybridized carbons (Fsp3) is 0.673. The van der Waals surface area contributed by atoms with Gasteiger partial charge in [-0.05, 0) is 94.9 Å². The number of methoxy groups -OCH3 is 2. The second kappa shape index (κ2) is 18.0. The van der Waals surface area contributed by atoms with E-state index in [2.05, 4.69) is 13.0 Å². The number of aliphatic hydroxyl groups is 3. The van der Waals surface area contributed by atoms with Gasteiger partial charge in [-0.15, -0.1) is 0 Å². The van der Waals surface area contributed by atoms with Gasteiger partial charge in [0.25, 0.3) is 0 Å². The molecular formula is C49H66O13. The van der Waals surface area contributed by atoms with Crippen molar-refractivity contribution >= 4 is 11.9 Å². The summed E-state index contributed by atoms with van der Waals surface area (Å²) in [6.07, 6.45) is -0.415. The largest absolute Gasteiger partial charge is 0.459 e. The van der Waals surface area contributed by atoms with E-state index < -0.39 is 95.5 Å². The molecular weight excluding hydrogens is 797 g/mol. The van der Waals surface area contributed by atoms with Crippen molar-refractivity contribution in [2.75, 3.05) is 14.2 Å². The van der Waals surface area contributed by atoms with Gasteiger partial charge in [-0.3, -0.25) is 0 Å². The average Bonchev–Trinajstić information content (AvgIpc) is 3.55. The third-order valence-corrected chi connectivity index (χ3v) is 16.0. The molecule has 2 aromatic rings. The third-order valence-electron chi connectivity index (χ3n) is 16.0. The van der Waals surface area contributed by atoms with Crippen molar-refractivity contribution in [3.05, 3.63) is 83.4 Å². The van der Waals surface area contributed by atoms with E-state index in [1.807, 2.05) is 32.9 Å². The van der Waals surface area contributed by atoms with Gasteiger partial charge in [0.15, 0.2) is 12.6 Å². The van der Waals surface area contributed by atoms with Gasteiger partial charge in [0, 0.05) is 44.3 Å². The summed E-state index contributed by atoms with van der Waals surface area (Å²) in [6, 6.07) is 17.5. The quantitative estimate of drug-likeness (QED) is 0.174. The van der Waals surface area contributed by atoms with E-state index in [1.165, 1.54) is 0 Å². The summed E-state index contributed by atoms with van der Waals surface area (Å²) < 4.78 is 49.5. The van der Waals surface area contributed by atoms with E-state index in [-0.39, 0.29) is 24.2 Å². The average molecular weight is 863 g/mol. The standard InChI is InChI=1S/C49H66O13/c1-27(59-45(52)30-14-10-8-11-15-30)34-21-23-49(54)35-19-18-32-24-33(60-38-26-37(56-7)43(29(3)58-38)61-39-25-36(55-6)41(50)28(2)57-39)20-22-47(32,4)40(35)42(51)44(48(34,49)5)62-46(53)31-16-12-9-13-17-31/h8-18,27-29,33-44,50-51,54H,19-26H2,1-7H3. The summed E-state index contributed by atoms with van der Waals surface area (Å²) in [7, 11) is 3.23. The number of aliphatic hydroxyl groups excluding tert-OH is 2. The minimum atomic E-state index is -1.35. The highest BCUT2D eigenvalue weighted by atomic mass is 16.7. The van der Waals surface area contributed by atoms with Crippen LogP contribution in [-0.2, 0) is 37.9 Å². The fourth-order valence-electron chi connectivity index (χ4n) is 12.6. The van der Waals surface area contributed by atoms with E-state index in [4.69, 9.17) is 37.9 Å². The third kappa shape index (κ3) is 7.97. The van der Waals surface area contributed by atoms with Gasteiger partial charge >= 0.3 is 11.9 Å². The Balaban J connectivity index is 1.00. The zero-order valence-electron chi connectivity index (χ0n) is 37.1. The van der Waals surface area contributed by atoms with Crippen LogP contribution in [0, 0.1) is 28.6 Å². The predicted octanol–water partition coefficient (Wildman–Crippen LogP) is 6.16. The molecule has 0 aromatic heterocycles. The van der Waals surface area contributed by atoms with Crippen LogP contribution in [0.15, 0.2) is 72.3 Å². The Labute approximate surface area is 365 Å². The van der Waals surface area contributed by atoms with Crippen molar-refractivity contribution in [3.8, 4) is 0 Å². The maximum Gasteiger partial charge on any atom is 0.338 e. The first-order valence-corrected chi connectivity index (χ1v) is 22.6. The second-order valence-electron chi connectivity index (χ2n) is 19.2. The fourth-order valence-corrected chi connectivity index (χ4v) is 12.6. The zero-order valence-corrected chi connectivity index (χ0v) is 37.1. The topological polar surface area (TPSA) is 169 Å². The van der Waals surface area contributed by atoms with Gasteiger partial charge in [0.05, 0.1) is 53.4 Å². The molecule has 2 heterocycles. The molecule has 6 aliphatic rings. The molecule has 340 valence electrons. The number of rotatable bonds is 11. The summed E-state index contributed by atoms with van der Waals surface area (Å²) in [5.41, 5.74) is -1.10. The molecule has 2 saturated heterocycles. The molecule has 2 aliphatic heterocycles. The van der Waals surface area contributed by atoms with Crippen molar-refractivity contribution in [2.45, 2.75) is 165 Å². The smallest absolute Gasteiger partial charge is 0.338 e. The van der Waals surface area contributed by atoms with Crippen LogP contribution < -0.4 is 0 Å². The molecule has 18 atom stereocenters. The second-order valence-corrected chi connectivity index (χ2v) is 19.2. The number of allylic oxidation sites excluding steroid dienone is 1. The Morgan fingerprint density at radius 1 is 0.790 bits per heavy atom. The first kappa shape index (κ1) is 45.3. The highest BCUT2D eigenvalue weighted by Crippen LogP contribution is 2.69. The van der Waals surface area contributed by atoms with Crippen LogP contribution in [0.5, 0.6) is 0 Å². The van der Waals surface area contributed by atoms with Crippen LogP contribution in [0.25, 0.3) is 0 Å². The minimum Gasteiger partial charge on any atom is -0.459 e. The van der Waals surface area contributed by atoms with Gasteiger partial charge < -0.3 is 53.2 Å². The number of ether oxygens (including phenoxy) is 8. The van der Waals surface area contributed by atoms with E-state index in [0.717, 1.165) is 5.57 Å². The molecule has 18 unspecified atom stereocenters. The van der Waals surface area contributed by atoms with Crippen LogP contribution in [0.2, 0.25) is 0 Å². The molecule has 2 aromatic carbocycles. The van der Waals surface area contributed by atoms with Gasteiger partial charge in [-0.2, -0.15) is 0 Å². The Morgan fingerprint density at radius 2 is 1.40 bits per heavy atom. The number of carbonyl (C=O) groups is 2. The van der Waals surface area contributed by atoms with Crippen LogP contribution in [0.4, 0.5) is 0 Å². The lowest BCUT2D eigenvalue weighted by Crippen LogP contribution is -2.72. The summed E-state index contributed by atoms with van der Waals surface area (Å²) in [5.74, 6) is -2.23. The molecule has 4 aliphatic carbocycles. The SMILES string of the molecule is COC1CC(OC2C(C)OC(OC3CCC4(C)C(=CCC5C4C(O)C(OC(=O)c4ccccc4)C4(C)C(C(C)OC(=O)c6ccccc6)CCC54O)C3)CC2OC)OC(C)C1O. The highest BCUT2D eigenvalue weighted by Gasteiger charge is 2.74. The molecule has 0 spiro atoms. The first-order valence-electron chi connectivity index (χ1n) is 22.6. The number of benzene rings is 2. The van der Waals surface area contributed by atoms with Crippen LogP contribution >= 0.6 is 0 Å². The molecule has 13 heteroatoms. The normalized spacial score (nSPS) is 43.3. The summed E-state index contributed by atoms with van der Waals surface area (Å²) >= 11 is 0. The van der Waals surface area contributed by atoms with Crippen molar-refractivity contribution in [1.29, 1.82) is 0 Å². The molecule has 5 fully saturated rings. The molecule has 3 saturated carbocycles. The van der Waals surface area contributed by atoms with Crippen LogP contribution in [0.1, 0.15) is 107 Å². The number of hydrogen-bond acceptors (Lipinski definition) is 13.